The Morgan fingerprint density at radius 2 is 2.56 bits per heavy atom. The molecule has 1 unspecified atom stereocenters. The molecule has 9 heavy (non-hydrogen) atoms. The summed E-state index contributed by atoms with van der Waals surface area (Å²) in [7, 11) is 0. The second kappa shape index (κ2) is 3.18. The molecule has 2 nitrogen and oxygen atoms in total. The minimum Gasteiger partial charge on any atom is -0.392 e. The summed E-state index contributed by atoms with van der Waals surface area (Å²) in [6.07, 6.45) is 3.13. The van der Waals surface area contributed by atoms with Crippen LogP contribution in [0.1, 0.15) is 26.2 Å². The molecule has 1 aliphatic heterocycles. The van der Waals surface area contributed by atoms with Crippen molar-refractivity contribution in [3.63, 3.8) is 0 Å². The topological polar surface area (TPSA) is 32.3 Å². The van der Waals surface area contributed by atoms with Crippen molar-refractivity contribution in [1.82, 2.24) is 5.32 Å². The lowest BCUT2D eigenvalue weighted by Crippen LogP contribution is -2.33. The van der Waals surface area contributed by atoms with Crippen molar-refractivity contribution in [2.24, 2.45) is 0 Å². The first-order valence-corrected chi connectivity index (χ1v) is 3.76. The normalized spacial score (nSPS) is 30.7. The minimum absolute atomic E-state index is 0.118. The van der Waals surface area contributed by atoms with Gasteiger partial charge >= 0.3 is 0 Å². The zero-order valence-electron chi connectivity index (χ0n) is 5.93. The molecule has 0 aliphatic carbocycles. The summed E-state index contributed by atoms with van der Waals surface area (Å²) in [5.41, 5.74) is 0. The number of aliphatic hydroxyl groups excluding tert-OH is 1. The zero-order chi connectivity index (χ0) is 6.69. The van der Waals surface area contributed by atoms with Crippen LogP contribution in [0, 0.1) is 0 Å². The Bertz CT molecular complexity index is 79.0. The summed E-state index contributed by atoms with van der Waals surface area (Å²) in [5, 5.41) is 12.6. The summed E-state index contributed by atoms with van der Waals surface area (Å²) < 4.78 is 0. The molecule has 1 aliphatic rings. The molecule has 2 N–H and O–H groups in total. The Kier molecular flexibility index (Phi) is 2.49. The van der Waals surface area contributed by atoms with Crippen molar-refractivity contribution in [2.45, 2.75) is 38.3 Å². The highest BCUT2D eigenvalue weighted by molar-refractivity contribution is 4.79. The molecule has 0 aromatic heterocycles. The number of aliphatic hydroxyl groups is 1. The van der Waals surface area contributed by atoms with Gasteiger partial charge in [-0.25, -0.2) is 0 Å². The lowest BCUT2D eigenvalue weighted by atomic mass is 10.1. The molecule has 0 saturated carbocycles. The van der Waals surface area contributed by atoms with Gasteiger partial charge in [-0.3, -0.25) is 0 Å². The monoisotopic (exact) mass is 129 g/mol. The molecule has 1 fully saturated rings. The predicted molar refractivity (Wildman–Crippen MR) is 37.3 cm³/mol. The van der Waals surface area contributed by atoms with Gasteiger partial charge in [0.05, 0.1) is 6.10 Å². The van der Waals surface area contributed by atoms with Crippen LogP contribution in [0.5, 0.6) is 0 Å². The van der Waals surface area contributed by atoms with Crippen LogP contribution in [0.2, 0.25) is 0 Å². The zero-order valence-corrected chi connectivity index (χ0v) is 5.93. The fourth-order valence-corrected chi connectivity index (χ4v) is 1.32. The molecule has 0 aromatic carbocycles. The Morgan fingerprint density at radius 1 is 1.78 bits per heavy atom. The third-order valence-corrected chi connectivity index (χ3v) is 1.98. The second-order valence-electron chi connectivity index (χ2n) is 2.68. The van der Waals surface area contributed by atoms with E-state index < -0.39 is 0 Å². The molecule has 0 amide bonds. The van der Waals surface area contributed by atoms with Gasteiger partial charge < -0.3 is 10.4 Å². The van der Waals surface area contributed by atoms with Crippen molar-refractivity contribution in [3.8, 4) is 0 Å². The molecule has 1 heterocycles. The van der Waals surface area contributed by atoms with Crippen LogP contribution in [-0.4, -0.2) is 23.8 Å². The predicted octanol–water partition coefficient (Wildman–Crippen LogP) is 0.509. The molecule has 1 saturated heterocycles. The quantitative estimate of drug-likeness (QED) is 0.569. The number of rotatable bonds is 2. The van der Waals surface area contributed by atoms with Gasteiger partial charge in [-0.05, 0) is 25.8 Å². The van der Waals surface area contributed by atoms with E-state index in [-0.39, 0.29) is 6.10 Å². The van der Waals surface area contributed by atoms with Gasteiger partial charge in [-0.2, -0.15) is 0 Å². The highest BCUT2D eigenvalue weighted by Gasteiger charge is 2.20. The first-order valence-electron chi connectivity index (χ1n) is 3.76. The second-order valence-corrected chi connectivity index (χ2v) is 2.68. The fourth-order valence-electron chi connectivity index (χ4n) is 1.32. The molecular formula is C7H15NO. The van der Waals surface area contributed by atoms with Crippen molar-refractivity contribution in [1.29, 1.82) is 0 Å². The van der Waals surface area contributed by atoms with Gasteiger partial charge in [-0.15, -0.1) is 0 Å². The summed E-state index contributed by atoms with van der Waals surface area (Å²) in [6.45, 7) is 3.10. The maximum Gasteiger partial charge on any atom is 0.0690 e. The van der Waals surface area contributed by atoms with E-state index in [1.807, 2.05) is 6.92 Å². The molecule has 1 rings (SSSR count). The lowest BCUT2D eigenvalue weighted by Gasteiger charge is -2.15. The van der Waals surface area contributed by atoms with Crippen LogP contribution in [0.4, 0.5) is 0 Å². The van der Waals surface area contributed by atoms with Crippen LogP contribution in [0.25, 0.3) is 0 Å². The molecule has 0 bridgehead atoms. The van der Waals surface area contributed by atoms with Gasteiger partial charge in [0, 0.05) is 6.04 Å². The number of hydrogen-bond donors (Lipinski definition) is 2. The van der Waals surface area contributed by atoms with E-state index in [2.05, 4.69) is 5.32 Å². The summed E-state index contributed by atoms with van der Waals surface area (Å²) in [6, 6.07) is 0.384. The molecule has 0 spiro atoms. The van der Waals surface area contributed by atoms with E-state index in [1.54, 1.807) is 0 Å². The van der Waals surface area contributed by atoms with Crippen LogP contribution in [-0.2, 0) is 0 Å². The van der Waals surface area contributed by atoms with E-state index in [9.17, 15) is 5.11 Å². The highest BCUT2D eigenvalue weighted by atomic mass is 16.3. The van der Waals surface area contributed by atoms with E-state index in [1.165, 1.54) is 6.42 Å². The first-order chi connectivity index (χ1) is 4.34. The summed E-state index contributed by atoms with van der Waals surface area (Å²) in [5.74, 6) is 0. The van der Waals surface area contributed by atoms with Gasteiger partial charge in [-0.1, -0.05) is 6.92 Å². The maximum atomic E-state index is 9.30. The number of nitrogens with one attached hydrogen (secondary N) is 1. The Hall–Kier alpha value is -0.0800. The van der Waals surface area contributed by atoms with Gasteiger partial charge in [0.25, 0.3) is 0 Å². The van der Waals surface area contributed by atoms with E-state index >= 15 is 0 Å². The van der Waals surface area contributed by atoms with E-state index in [0.29, 0.717) is 6.04 Å². The van der Waals surface area contributed by atoms with Crippen molar-refractivity contribution in [2.75, 3.05) is 6.54 Å². The van der Waals surface area contributed by atoms with Gasteiger partial charge in [0.2, 0.25) is 0 Å². The third kappa shape index (κ3) is 1.66. The van der Waals surface area contributed by atoms with Crippen molar-refractivity contribution in [3.05, 3.63) is 0 Å². The standard InChI is InChI=1S/C7H15NO/c1-2-7(9)6-4-3-5-8-6/h6-9H,2-5H2,1H3/t6-,7?/m1/s1. The minimum atomic E-state index is -0.118. The largest absolute Gasteiger partial charge is 0.392 e. The summed E-state index contributed by atoms with van der Waals surface area (Å²) >= 11 is 0. The molecule has 2 heteroatoms. The van der Waals surface area contributed by atoms with Crippen LogP contribution in [0.15, 0.2) is 0 Å². The maximum absolute atomic E-state index is 9.30. The molecule has 0 aromatic rings. The van der Waals surface area contributed by atoms with Gasteiger partial charge in [0.15, 0.2) is 0 Å². The smallest absolute Gasteiger partial charge is 0.0690 e. The van der Waals surface area contributed by atoms with Crippen LogP contribution >= 0.6 is 0 Å². The molecule has 2 atom stereocenters. The molecule has 54 valence electrons. The van der Waals surface area contributed by atoms with Gasteiger partial charge in [0.1, 0.15) is 0 Å². The average Bonchev–Trinajstić information content (AvgIpc) is 2.37. The number of hydrogen-bond acceptors (Lipinski definition) is 2. The molecular weight excluding hydrogens is 114 g/mol. The van der Waals surface area contributed by atoms with E-state index in [4.69, 9.17) is 0 Å². The Balaban J connectivity index is 2.24. The van der Waals surface area contributed by atoms with Crippen LogP contribution in [0.3, 0.4) is 0 Å². The Morgan fingerprint density at radius 3 is 3.00 bits per heavy atom. The Labute approximate surface area is 56.3 Å². The van der Waals surface area contributed by atoms with Crippen LogP contribution < -0.4 is 5.32 Å². The lowest BCUT2D eigenvalue weighted by molar-refractivity contribution is 0.132. The SMILES string of the molecule is CCC(O)[C@H]1CCCN1. The van der Waals surface area contributed by atoms with E-state index in [0.717, 1.165) is 19.4 Å². The first kappa shape index (κ1) is 7.03. The fraction of sp³-hybridized carbons (Fsp3) is 1.00. The van der Waals surface area contributed by atoms with Crippen molar-refractivity contribution < 1.29 is 5.11 Å². The summed E-state index contributed by atoms with van der Waals surface area (Å²) in [4.78, 5) is 0. The third-order valence-electron chi connectivity index (χ3n) is 1.98. The average molecular weight is 129 g/mol. The van der Waals surface area contributed by atoms with Crippen molar-refractivity contribution >= 4 is 0 Å². The molecule has 0 radical (unpaired) electrons. The highest BCUT2D eigenvalue weighted by Crippen LogP contribution is 2.10.